The summed E-state index contributed by atoms with van der Waals surface area (Å²) in [5, 5.41) is 10.1. The summed E-state index contributed by atoms with van der Waals surface area (Å²) in [6.07, 6.45) is 1.62. The van der Waals surface area contributed by atoms with Crippen molar-refractivity contribution in [3.8, 4) is 0 Å². The molecule has 1 unspecified atom stereocenters. The van der Waals surface area contributed by atoms with E-state index in [-0.39, 0.29) is 11.9 Å². The number of carbonyl (C=O) groups excluding carboxylic acids is 1. The van der Waals surface area contributed by atoms with Crippen molar-refractivity contribution in [1.29, 1.82) is 0 Å². The lowest BCUT2D eigenvalue weighted by Gasteiger charge is -2.21. The quantitative estimate of drug-likeness (QED) is 0.720. The molecule has 0 aromatic carbocycles. The van der Waals surface area contributed by atoms with Crippen LogP contribution in [0.3, 0.4) is 0 Å². The van der Waals surface area contributed by atoms with Crippen molar-refractivity contribution in [1.82, 2.24) is 25.4 Å². The van der Waals surface area contributed by atoms with Gasteiger partial charge in [0.1, 0.15) is 6.33 Å². The van der Waals surface area contributed by atoms with E-state index in [9.17, 15) is 4.79 Å². The van der Waals surface area contributed by atoms with Crippen LogP contribution in [0.2, 0.25) is 0 Å². The molecule has 0 aliphatic carbocycles. The first-order valence-corrected chi connectivity index (χ1v) is 6.34. The van der Waals surface area contributed by atoms with Crippen LogP contribution in [-0.2, 0) is 18.4 Å². The van der Waals surface area contributed by atoms with E-state index >= 15 is 0 Å². The lowest BCUT2D eigenvalue weighted by atomic mass is 10.3. The smallest absolute Gasteiger partial charge is 0.238 e. The minimum Gasteiger partial charge on any atom is -0.347 e. The fraction of sp³-hybridized carbons (Fsp3) is 0.667. The van der Waals surface area contributed by atoms with Crippen molar-refractivity contribution in [2.45, 2.75) is 12.6 Å². The highest BCUT2D eigenvalue weighted by molar-refractivity contribution is 7.99. The number of rotatable bonds is 3. The molecule has 7 heteroatoms. The maximum Gasteiger partial charge on any atom is 0.238 e. The molecule has 2 heterocycles. The molecule has 1 atom stereocenters. The molecule has 2 N–H and O–H groups in total. The molecule has 1 aromatic rings. The Morgan fingerprint density at radius 1 is 1.81 bits per heavy atom. The van der Waals surface area contributed by atoms with Crippen LogP contribution in [0.4, 0.5) is 0 Å². The van der Waals surface area contributed by atoms with Crippen LogP contribution >= 0.6 is 11.8 Å². The van der Waals surface area contributed by atoms with Crippen LogP contribution < -0.4 is 10.6 Å². The first-order valence-electron chi connectivity index (χ1n) is 5.19. The first kappa shape index (κ1) is 11.4. The number of hydrogen-bond acceptors (Lipinski definition) is 5. The van der Waals surface area contributed by atoms with Gasteiger partial charge in [-0.05, 0) is 0 Å². The predicted octanol–water partition coefficient (Wildman–Crippen LogP) is -0.864. The van der Waals surface area contributed by atoms with Gasteiger partial charge in [-0.2, -0.15) is 16.9 Å². The van der Waals surface area contributed by atoms with Crippen LogP contribution in [0.15, 0.2) is 6.33 Å². The monoisotopic (exact) mass is 241 g/mol. The van der Waals surface area contributed by atoms with Gasteiger partial charge in [-0.3, -0.25) is 9.48 Å². The molecule has 1 amide bonds. The molecule has 6 nitrogen and oxygen atoms in total. The Morgan fingerprint density at radius 3 is 3.31 bits per heavy atom. The third-order valence-electron chi connectivity index (χ3n) is 2.31. The average Bonchev–Trinajstić information content (AvgIpc) is 2.73. The lowest BCUT2D eigenvalue weighted by Crippen LogP contribution is -2.48. The van der Waals surface area contributed by atoms with Crippen molar-refractivity contribution >= 4 is 17.7 Å². The zero-order valence-electron chi connectivity index (χ0n) is 9.14. The van der Waals surface area contributed by atoms with Crippen LogP contribution in [0.5, 0.6) is 0 Å². The Morgan fingerprint density at radius 2 is 2.69 bits per heavy atom. The third kappa shape index (κ3) is 2.96. The topological polar surface area (TPSA) is 71.8 Å². The third-order valence-corrected chi connectivity index (χ3v) is 3.37. The van der Waals surface area contributed by atoms with Crippen molar-refractivity contribution in [2.24, 2.45) is 7.05 Å². The summed E-state index contributed by atoms with van der Waals surface area (Å²) in [6, 6.07) is -0.0811. The second-order valence-electron chi connectivity index (χ2n) is 3.63. The summed E-state index contributed by atoms with van der Waals surface area (Å²) in [5.74, 6) is 2.58. The van der Waals surface area contributed by atoms with Gasteiger partial charge < -0.3 is 10.6 Å². The molecule has 0 bridgehead atoms. The molecular formula is C9H15N5OS. The minimum atomic E-state index is -0.0811. The SMILES string of the molecule is Cn1cnc(CNC(=O)C2CSCCN2)n1. The van der Waals surface area contributed by atoms with Crippen LogP contribution in [0, 0.1) is 0 Å². The fourth-order valence-corrected chi connectivity index (χ4v) is 2.42. The van der Waals surface area contributed by atoms with E-state index in [2.05, 4.69) is 20.7 Å². The largest absolute Gasteiger partial charge is 0.347 e. The van der Waals surface area contributed by atoms with E-state index in [1.54, 1.807) is 29.8 Å². The molecule has 1 fully saturated rings. The second-order valence-corrected chi connectivity index (χ2v) is 4.78. The summed E-state index contributed by atoms with van der Waals surface area (Å²) in [6.45, 7) is 1.28. The summed E-state index contributed by atoms with van der Waals surface area (Å²) in [4.78, 5) is 15.8. The Kier molecular flexibility index (Phi) is 3.79. The zero-order valence-corrected chi connectivity index (χ0v) is 9.96. The molecular weight excluding hydrogens is 226 g/mol. The van der Waals surface area contributed by atoms with E-state index in [1.165, 1.54) is 0 Å². The molecule has 1 aliphatic rings. The van der Waals surface area contributed by atoms with Crippen molar-refractivity contribution in [2.75, 3.05) is 18.1 Å². The molecule has 0 radical (unpaired) electrons. The Hall–Kier alpha value is -1.08. The number of aromatic nitrogens is 3. The van der Waals surface area contributed by atoms with Crippen LogP contribution in [-0.4, -0.2) is 44.8 Å². The molecule has 1 aliphatic heterocycles. The molecule has 0 saturated carbocycles. The number of aryl methyl sites for hydroxylation is 1. The summed E-state index contributed by atoms with van der Waals surface area (Å²) in [7, 11) is 1.80. The standard InChI is InChI=1S/C9H15N5OS/c1-14-6-12-8(13-14)4-11-9(15)7-5-16-3-2-10-7/h6-7,10H,2-5H2,1H3,(H,11,15). The normalized spacial score (nSPS) is 20.7. The van der Waals surface area contributed by atoms with Crippen molar-refractivity contribution in [3.05, 3.63) is 12.2 Å². The number of amides is 1. The van der Waals surface area contributed by atoms with Gasteiger partial charge in [-0.1, -0.05) is 0 Å². The highest BCUT2D eigenvalue weighted by atomic mass is 32.2. The van der Waals surface area contributed by atoms with Gasteiger partial charge in [0.25, 0.3) is 0 Å². The molecule has 16 heavy (non-hydrogen) atoms. The van der Waals surface area contributed by atoms with Gasteiger partial charge >= 0.3 is 0 Å². The van der Waals surface area contributed by atoms with Gasteiger partial charge in [-0.15, -0.1) is 0 Å². The minimum absolute atomic E-state index is 0.0275. The molecule has 1 saturated heterocycles. The lowest BCUT2D eigenvalue weighted by molar-refractivity contribution is -0.122. The zero-order chi connectivity index (χ0) is 11.4. The second kappa shape index (κ2) is 5.31. The van der Waals surface area contributed by atoms with E-state index in [0.717, 1.165) is 18.1 Å². The Labute approximate surface area is 98.2 Å². The highest BCUT2D eigenvalue weighted by Crippen LogP contribution is 2.07. The van der Waals surface area contributed by atoms with Gasteiger partial charge in [0.15, 0.2) is 5.82 Å². The van der Waals surface area contributed by atoms with E-state index < -0.39 is 0 Å². The van der Waals surface area contributed by atoms with Gasteiger partial charge in [-0.25, -0.2) is 4.98 Å². The number of nitrogens with one attached hydrogen (secondary N) is 2. The summed E-state index contributed by atoms with van der Waals surface area (Å²) < 4.78 is 1.62. The maximum absolute atomic E-state index is 11.7. The number of nitrogens with zero attached hydrogens (tertiary/aromatic N) is 3. The molecule has 2 rings (SSSR count). The maximum atomic E-state index is 11.7. The van der Waals surface area contributed by atoms with Crippen molar-refractivity contribution < 1.29 is 4.79 Å². The summed E-state index contributed by atoms with van der Waals surface area (Å²) in [5.41, 5.74) is 0. The van der Waals surface area contributed by atoms with Crippen LogP contribution in [0.1, 0.15) is 5.82 Å². The van der Waals surface area contributed by atoms with E-state index in [4.69, 9.17) is 0 Å². The van der Waals surface area contributed by atoms with Gasteiger partial charge in [0.05, 0.1) is 12.6 Å². The molecule has 0 spiro atoms. The van der Waals surface area contributed by atoms with E-state index in [1.807, 2.05) is 0 Å². The summed E-state index contributed by atoms with van der Waals surface area (Å²) >= 11 is 1.80. The average molecular weight is 241 g/mol. The number of thioether (sulfide) groups is 1. The van der Waals surface area contributed by atoms with Crippen molar-refractivity contribution in [3.63, 3.8) is 0 Å². The Bertz CT molecular complexity index is 361. The predicted molar refractivity (Wildman–Crippen MR) is 62.0 cm³/mol. The molecule has 1 aromatic heterocycles. The Balaban J connectivity index is 1.78. The van der Waals surface area contributed by atoms with E-state index in [0.29, 0.717) is 12.4 Å². The number of hydrogen-bond donors (Lipinski definition) is 2. The van der Waals surface area contributed by atoms with Crippen LogP contribution in [0.25, 0.3) is 0 Å². The number of carbonyl (C=O) groups is 1. The molecule has 88 valence electrons. The fourth-order valence-electron chi connectivity index (χ4n) is 1.49. The van der Waals surface area contributed by atoms with Gasteiger partial charge in [0, 0.05) is 25.1 Å². The van der Waals surface area contributed by atoms with Gasteiger partial charge in [0.2, 0.25) is 5.91 Å². The highest BCUT2D eigenvalue weighted by Gasteiger charge is 2.20. The first-order chi connectivity index (χ1) is 7.75.